The predicted octanol–water partition coefficient (Wildman–Crippen LogP) is 2.53. The first-order valence-corrected chi connectivity index (χ1v) is 7.70. The molecule has 1 fully saturated rings. The zero-order valence-electron chi connectivity index (χ0n) is 12.5. The van der Waals surface area contributed by atoms with Gasteiger partial charge >= 0.3 is 0 Å². The van der Waals surface area contributed by atoms with Gasteiger partial charge in [-0.15, -0.1) is 0 Å². The highest BCUT2D eigenvalue weighted by atomic mass is 35.5. The number of benzene rings is 1. The van der Waals surface area contributed by atoms with E-state index in [1.165, 1.54) is 16.8 Å². The summed E-state index contributed by atoms with van der Waals surface area (Å²) in [7, 11) is 1.99. The SMILES string of the molecule is Cc1c(CN2CCNCC2c2cccc(Cl)c2)cnn1C. The number of nitrogens with one attached hydrogen (secondary N) is 1. The first-order valence-electron chi connectivity index (χ1n) is 7.33. The van der Waals surface area contributed by atoms with Crippen LogP contribution in [0.4, 0.5) is 0 Å². The molecule has 1 aliphatic rings. The Kier molecular flexibility index (Phi) is 4.29. The van der Waals surface area contributed by atoms with Gasteiger partial charge < -0.3 is 5.32 Å². The summed E-state index contributed by atoms with van der Waals surface area (Å²) in [6.45, 7) is 6.07. The van der Waals surface area contributed by atoms with Crippen molar-refractivity contribution in [2.45, 2.75) is 19.5 Å². The number of piperazine rings is 1. The van der Waals surface area contributed by atoms with Crippen LogP contribution in [0.25, 0.3) is 0 Å². The van der Waals surface area contributed by atoms with Crippen LogP contribution in [0.3, 0.4) is 0 Å². The van der Waals surface area contributed by atoms with E-state index in [2.05, 4.69) is 34.4 Å². The summed E-state index contributed by atoms with van der Waals surface area (Å²) >= 11 is 6.15. The van der Waals surface area contributed by atoms with E-state index in [9.17, 15) is 0 Å². The Morgan fingerprint density at radius 3 is 3.00 bits per heavy atom. The molecule has 1 aliphatic heterocycles. The molecule has 0 amide bonds. The van der Waals surface area contributed by atoms with Crippen molar-refractivity contribution in [3.05, 3.63) is 52.3 Å². The molecular formula is C16H21ClN4. The lowest BCUT2D eigenvalue weighted by atomic mass is 10.0. The molecule has 0 saturated carbocycles. The maximum Gasteiger partial charge on any atom is 0.0537 e. The van der Waals surface area contributed by atoms with Crippen molar-refractivity contribution in [2.24, 2.45) is 7.05 Å². The molecule has 3 rings (SSSR count). The smallest absolute Gasteiger partial charge is 0.0537 e. The number of halogens is 1. The molecule has 112 valence electrons. The van der Waals surface area contributed by atoms with Crippen LogP contribution in [-0.2, 0) is 13.6 Å². The summed E-state index contributed by atoms with van der Waals surface area (Å²) in [5.74, 6) is 0. The molecule has 1 unspecified atom stereocenters. The van der Waals surface area contributed by atoms with E-state index < -0.39 is 0 Å². The molecule has 5 heteroatoms. The molecule has 0 spiro atoms. The molecule has 1 saturated heterocycles. The van der Waals surface area contributed by atoms with Crippen LogP contribution in [0.15, 0.2) is 30.5 Å². The highest BCUT2D eigenvalue weighted by Gasteiger charge is 2.24. The molecule has 1 aromatic heterocycles. The zero-order chi connectivity index (χ0) is 14.8. The van der Waals surface area contributed by atoms with E-state index in [4.69, 9.17) is 11.6 Å². The third-order valence-corrected chi connectivity index (χ3v) is 4.53. The minimum absolute atomic E-state index is 0.358. The topological polar surface area (TPSA) is 33.1 Å². The van der Waals surface area contributed by atoms with Gasteiger partial charge in [-0.3, -0.25) is 9.58 Å². The van der Waals surface area contributed by atoms with Crippen molar-refractivity contribution in [3.63, 3.8) is 0 Å². The molecular weight excluding hydrogens is 284 g/mol. The highest BCUT2D eigenvalue weighted by Crippen LogP contribution is 2.26. The summed E-state index contributed by atoms with van der Waals surface area (Å²) in [5.41, 5.74) is 3.81. The van der Waals surface area contributed by atoms with Gasteiger partial charge in [0.2, 0.25) is 0 Å². The van der Waals surface area contributed by atoms with Crippen LogP contribution >= 0.6 is 11.6 Å². The second kappa shape index (κ2) is 6.18. The molecule has 21 heavy (non-hydrogen) atoms. The number of rotatable bonds is 3. The van der Waals surface area contributed by atoms with Crippen LogP contribution in [0.1, 0.15) is 22.9 Å². The van der Waals surface area contributed by atoms with Crippen LogP contribution in [0.2, 0.25) is 5.02 Å². The average Bonchev–Trinajstić information content (AvgIpc) is 2.80. The van der Waals surface area contributed by atoms with Gasteiger partial charge in [0, 0.05) is 55.5 Å². The number of hydrogen-bond acceptors (Lipinski definition) is 3. The number of hydrogen-bond donors (Lipinski definition) is 1. The number of aromatic nitrogens is 2. The van der Waals surface area contributed by atoms with Crippen molar-refractivity contribution < 1.29 is 0 Å². The van der Waals surface area contributed by atoms with Gasteiger partial charge in [0.05, 0.1) is 6.20 Å². The standard InChI is InChI=1S/C16H21ClN4/c1-12-14(9-19-20(12)2)11-21-7-6-18-10-16(21)13-4-3-5-15(17)8-13/h3-5,8-9,16,18H,6-7,10-11H2,1-2H3. The van der Waals surface area contributed by atoms with Crippen LogP contribution in [-0.4, -0.2) is 34.3 Å². The molecule has 1 N–H and O–H groups in total. The fourth-order valence-corrected chi connectivity index (χ4v) is 3.10. The predicted molar refractivity (Wildman–Crippen MR) is 85.4 cm³/mol. The maximum atomic E-state index is 6.15. The van der Waals surface area contributed by atoms with Gasteiger partial charge in [-0.2, -0.15) is 5.10 Å². The van der Waals surface area contributed by atoms with Crippen LogP contribution in [0, 0.1) is 6.92 Å². The van der Waals surface area contributed by atoms with E-state index >= 15 is 0 Å². The second-order valence-electron chi connectivity index (χ2n) is 5.62. The Labute approximate surface area is 130 Å². The average molecular weight is 305 g/mol. The third kappa shape index (κ3) is 3.12. The van der Waals surface area contributed by atoms with Crippen molar-refractivity contribution in [1.82, 2.24) is 20.0 Å². The quantitative estimate of drug-likeness (QED) is 0.946. The Morgan fingerprint density at radius 1 is 1.43 bits per heavy atom. The lowest BCUT2D eigenvalue weighted by molar-refractivity contribution is 0.153. The minimum atomic E-state index is 0.358. The van der Waals surface area contributed by atoms with Crippen LogP contribution < -0.4 is 5.32 Å². The van der Waals surface area contributed by atoms with Crippen molar-refractivity contribution >= 4 is 11.6 Å². The molecule has 2 heterocycles. The van der Waals surface area contributed by atoms with Crippen molar-refractivity contribution in [1.29, 1.82) is 0 Å². The van der Waals surface area contributed by atoms with E-state index in [0.717, 1.165) is 31.2 Å². The van der Waals surface area contributed by atoms with E-state index in [0.29, 0.717) is 6.04 Å². The van der Waals surface area contributed by atoms with Gasteiger partial charge in [-0.1, -0.05) is 23.7 Å². The Bertz CT molecular complexity index is 622. The highest BCUT2D eigenvalue weighted by molar-refractivity contribution is 6.30. The fourth-order valence-electron chi connectivity index (χ4n) is 2.90. The van der Waals surface area contributed by atoms with E-state index in [-0.39, 0.29) is 0 Å². The van der Waals surface area contributed by atoms with E-state index in [1.54, 1.807) is 0 Å². The molecule has 1 aromatic carbocycles. The van der Waals surface area contributed by atoms with Gasteiger partial charge in [0.25, 0.3) is 0 Å². The van der Waals surface area contributed by atoms with E-state index in [1.807, 2.05) is 30.1 Å². The van der Waals surface area contributed by atoms with Gasteiger partial charge in [-0.25, -0.2) is 0 Å². The normalized spacial score (nSPS) is 19.9. The monoisotopic (exact) mass is 304 g/mol. The lowest BCUT2D eigenvalue weighted by Crippen LogP contribution is -2.45. The van der Waals surface area contributed by atoms with Crippen molar-refractivity contribution in [2.75, 3.05) is 19.6 Å². The fraction of sp³-hybridized carbons (Fsp3) is 0.438. The molecule has 0 radical (unpaired) electrons. The van der Waals surface area contributed by atoms with Crippen LogP contribution in [0.5, 0.6) is 0 Å². The second-order valence-corrected chi connectivity index (χ2v) is 6.06. The molecule has 2 aromatic rings. The zero-order valence-corrected chi connectivity index (χ0v) is 13.3. The summed E-state index contributed by atoms with van der Waals surface area (Å²) in [4.78, 5) is 2.51. The molecule has 4 nitrogen and oxygen atoms in total. The Morgan fingerprint density at radius 2 is 2.29 bits per heavy atom. The first kappa shape index (κ1) is 14.6. The van der Waals surface area contributed by atoms with Gasteiger partial charge in [-0.05, 0) is 24.6 Å². The third-order valence-electron chi connectivity index (χ3n) is 4.30. The maximum absolute atomic E-state index is 6.15. The summed E-state index contributed by atoms with van der Waals surface area (Å²) in [6.07, 6.45) is 1.98. The largest absolute Gasteiger partial charge is 0.314 e. The summed E-state index contributed by atoms with van der Waals surface area (Å²) in [6, 6.07) is 8.54. The number of aryl methyl sites for hydroxylation is 1. The first-order chi connectivity index (χ1) is 10.1. The lowest BCUT2D eigenvalue weighted by Gasteiger charge is -2.36. The van der Waals surface area contributed by atoms with Gasteiger partial charge in [0.15, 0.2) is 0 Å². The summed E-state index contributed by atoms with van der Waals surface area (Å²) < 4.78 is 1.94. The molecule has 1 atom stereocenters. The minimum Gasteiger partial charge on any atom is -0.314 e. The van der Waals surface area contributed by atoms with Gasteiger partial charge in [0.1, 0.15) is 0 Å². The summed E-state index contributed by atoms with van der Waals surface area (Å²) in [5, 5.41) is 8.63. The Balaban J connectivity index is 1.83. The molecule has 0 aliphatic carbocycles. The molecule has 0 bridgehead atoms. The Hall–Kier alpha value is -1.36. The number of nitrogens with zero attached hydrogens (tertiary/aromatic N) is 3. The van der Waals surface area contributed by atoms with Crippen molar-refractivity contribution in [3.8, 4) is 0 Å².